The van der Waals surface area contributed by atoms with Crippen LogP contribution < -0.4 is 5.73 Å². The van der Waals surface area contributed by atoms with Crippen LogP contribution >= 0.6 is 0 Å². The quantitative estimate of drug-likeness (QED) is 0.446. The van der Waals surface area contributed by atoms with Crippen molar-refractivity contribution in [1.29, 1.82) is 0 Å². The summed E-state index contributed by atoms with van der Waals surface area (Å²) in [5.41, 5.74) is 5.44. The lowest BCUT2D eigenvalue weighted by Crippen LogP contribution is -2.21. The van der Waals surface area contributed by atoms with Gasteiger partial charge in [-0.15, -0.1) is 0 Å². The predicted molar refractivity (Wildman–Crippen MR) is 56.5 cm³/mol. The Morgan fingerprint density at radius 2 is 2.00 bits per heavy atom. The number of nitrogens with two attached hydrogens (primary N) is 1. The second-order valence-electron chi connectivity index (χ2n) is 3.36. The fourth-order valence-corrected chi connectivity index (χ4v) is 0.913. The second-order valence-corrected chi connectivity index (χ2v) is 3.36. The van der Waals surface area contributed by atoms with Crippen molar-refractivity contribution in [3.63, 3.8) is 0 Å². The predicted octanol–water partition coefficient (Wildman–Crippen LogP) is 0.320. The molecule has 0 aliphatic heterocycles. The Bertz CT molecular complexity index is 162. The normalized spacial score (nSPS) is 12.5. The molecule has 0 saturated heterocycles. The standard InChI is InChI=1S/C10H21NO4/c1-9(11)8-10(12)15-5-3-4-14-7-6-13-2/h9H,3-8,11H2,1-2H3. The summed E-state index contributed by atoms with van der Waals surface area (Å²) >= 11 is 0. The van der Waals surface area contributed by atoms with Crippen LogP contribution in [0.1, 0.15) is 19.8 Å². The summed E-state index contributed by atoms with van der Waals surface area (Å²) < 4.78 is 14.9. The molecule has 5 nitrogen and oxygen atoms in total. The largest absolute Gasteiger partial charge is 0.466 e. The molecule has 0 amide bonds. The van der Waals surface area contributed by atoms with Crippen LogP contribution in [0.4, 0.5) is 0 Å². The van der Waals surface area contributed by atoms with E-state index in [1.54, 1.807) is 14.0 Å². The Labute approximate surface area is 90.9 Å². The molecule has 0 spiro atoms. The van der Waals surface area contributed by atoms with E-state index in [1.807, 2.05) is 0 Å². The van der Waals surface area contributed by atoms with Gasteiger partial charge in [-0.2, -0.15) is 0 Å². The van der Waals surface area contributed by atoms with Gasteiger partial charge in [0.2, 0.25) is 0 Å². The Morgan fingerprint density at radius 1 is 1.27 bits per heavy atom. The molecular formula is C10H21NO4. The number of hydrogen-bond acceptors (Lipinski definition) is 5. The van der Waals surface area contributed by atoms with E-state index in [2.05, 4.69) is 0 Å². The first-order valence-electron chi connectivity index (χ1n) is 5.14. The van der Waals surface area contributed by atoms with Crippen LogP contribution in [0.3, 0.4) is 0 Å². The van der Waals surface area contributed by atoms with Crippen molar-refractivity contribution in [1.82, 2.24) is 0 Å². The van der Waals surface area contributed by atoms with E-state index in [-0.39, 0.29) is 18.4 Å². The van der Waals surface area contributed by atoms with E-state index in [9.17, 15) is 4.79 Å². The molecule has 0 aliphatic carbocycles. The summed E-state index contributed by atoms with van der Waals surface area (Å²) in [7, 11) is 1.62. The van der Waals surface area contributed by atoms with Crippen LogP contribution in [-0.4, -0.2) is 45.5 Å². The van der Waals surface area contributed by atoms with E-state index in [1.165, 1.54) is 0 Å². The second kappa shape index (κ2) is 9.89. The molecule has 0 aromatic heterocycles. The third-order valence-corrected chi connectivity index (χ3v) is 1.62. The first-order chi connectivity index (χ1) is 7.16. The molecular weight excluding hydrogens is 198 g/mol. The van der Waals surface area contributed by atoms with Gasteiger partial charge in [0.25, 0.3) is 0 Å². The van der Waals surface area contributed by atoms with Gasteiger partial charge in [-0.05, 0) is 6.92 Å². The molecule has 0 fully saturated rings. The van der Waals surface area contributed by atoms with Gasteiger partial charge in [-0.25, -0.2) is 0 Å². The number of methoxy groups -OCH3 is 1. The zero-order valence-electron chi connectivity index (χ0n) is 9.53. The topological polar surface area (TPSA) is 70.8 Å². The minimum Gasteiger partial charge on any atom is -0.466 e. The van der Waals surface area contributed by atoms with Crippen molar-refractivity contribution >= 4 is 5.97 Å². The smallest absolute Gasteiger partial charge is 0.307 e. The van der Waals surface area contributed by atoms with Crippen LogP contribution in [0, 0.1) is 0 Å². The van der Waals surface area contributed by atoms with Crippen LogP contribution in [-0.2, 0) is 19.0 Å². The van der Waals surface area contributed by atoms with Crippen LogP contribution in [0.5, 0.6) is 0 Å². The highest BCUT2D eigenvalue weighted by atomic mass is 16.5. The van der Waals surface area contributed by atoms with E-state index in [4.69, 9.17) is 19.9 Å². The average Bonchev–Trinajstić information content (AvgIpc) is 2.15. The molecule has 5 heteroatoms. The summed E-state index contributed by atoms with van der Waals surface area (Å²) in [5.74, 6) is -0.248. The highest BCUT2D eigenvalue weighted by Gasteiger charge is 2.05. The summed E-state index contributed by atoms with van der Waals surface area (Å²) in [6.07, 6.45) is 0.971. The molecule has 0 aromatic rings. The summed E-state index contributed by atoms with van der Waals surface area (Å²) in [4.78, 5) is 11.0. The number of carbonyl (C=O) groups is 1. The lowest BCUT2D eigenvalue weighted by molar-refractivity contribution is -0.144. The molecule has 15 heavy (non-hydrogen) atoms. The molecule has 2 N–H and O–H groups in total. The van der Waals surface area contributed by atoms with Gasteiger partial charge < -0.3 is 19.9 Å². The molecule has 0 rings (SSSR count). The van der Waals surface area contributed by atoms with Gasteiger partial charge in [0, 0.05) is 26.2 Å². The van der Waals surface area contributed by atoms with Gasteiger partial charge in [-0.1, -0.05) is 0 Å². The monoisotopic (exact) mass is 219 g/mol. The third-order valence-electron chi connectivity index (χ3n) is 1.62. The van der Waals surface area contributed by atoms with Gasteiger partial charge >= 0.3 is 5.97 Å². The average molecular weight is 219 g/mol. The van der Waals surface area contributed by atoms with Crippen molar-refractivity contribution < 1.29 is 19.0 Å². The first kappa shape index (κ1) is 14.3. The van der Waals surface area contributed by atoms with E-state index in [0.29, 0.717) is 32.8 Å². The summed E-state index contributed by atoms with van der Waals surface area (Å²) in [5, 5.41) is 0. The van der Waals surface area contributed by atoms with Crippen molar-refractivity contribution in [3.05, 3.63) is 0 Å². The maximum absolute atomic E-state index is 11.0. The molecule has 1 atom stereocenters. The van der Waals surface area contributed by atoms with Gasteiger partial charge in [0.15, 0.2) is 0 Å². The maximum Gasteiger partial charge on any atom is 0.307 e. The van der Waals surface area contributed by atoms with Gasteiger partial charge in [-0.3, -0.25) is 4.79 Å². The zero-order chi connectivity index (χ0) is 11.5. The number of ether oxygens (including phenoxy) is 3. The minimum absolute atomic E-state index is 0.143. The Morgan fingerprint density at radius 3 is 2.60 bits per heavy atom. The lowest BCUT2D eigenvalue weighted by atomic mass is 10.2. The van der Waals surface area contributed by atoms with Crippen LogP contribution in [0.15, 0.2) is 0 Å². The van der Waals surface area contributed by atoms with Gasteiger partial charge in [0.05, 0.1) is 26.2 Å². The number of hydrogen-bond donors (Lipinski definition) is 1. The van der Waals surface area contributed by atoms with E-state index < -0.39 is 0 Å². The molecule has 0 bridgehead atoms. The fraction of sp³-hybridized carbons (Fsp3) is 0.900. The number of esters is 1. The molecule has 0 saturated carbocycles. The third kappa shape index (κ3) is 11.3. The highest BCUT2D eigenvalue weighted by Crippen LogP contribution is 1.92. The highest BCUT2D eigenvalue weighted by molar-refractivity contribution is 5.69. The van der Waals surface area contributed by atoms with Crippen molar-refractivity contribution in [2.45, 2.75) is 25.8 Å². The summed E-state index contributed by atoms with van der Waals surface area (Å²) in [6, 6.07) is -0.143. The molecule has 0 radical (unpaired) electrons. The van der Waals surface area contributed by atoms with E-state index in [0.717, 1.165) is 0 Å². The summed E-state index contributed by atoms with van der Waals surface area (Å²) in [6.45, 7) is 3.90. The SMILES string of the molecule is COCCOCCCOC(=O)CC(C)N. The maximum atomic E-state index is 11.0. The molecule has 1 unspecified atom stereocenters. The zero-order valence-corrected chi connectivity index (χ0v) is 9.53. The number of carbonyl (C=O) groups excluding carboxylic acids is 1. The minimum atomic E-state index is -0.248. The first-order valence-corrected chi connectivity index (χ1v) is 5.14. The van der Waals surface area contributed by atoms with Crippen molar-refractivity contribution in [2.75, 3.05) is 33.5 Å². The molecule has 0 aromatic carbocycles. The Kier molecular flexibility index (Phi) is 9.46. The molecule has 90 valence electrons. The number of rotatable bonds is 9. The van der Waals surface area contributed by atoms with E-state index >= 15 is 0 Å². The molecule has 0 aliphatic rings. The van der Waals surface area contributed by atoms with Crippen LogP contribution in [0.2, 0.25) is 0 Å². The Hall–Kier alpha value is -0.650. The fourth-order valence-electron chi connectivity index (χ4n) is 0.913. The lowest BCUT2D eigenvalue weighted by Gasteiger charge is -2.07. The van der Waals surface area contributed by atoms with Crippen molar-refractivity contribution in [3.8, 4) is 0 Å². The van der Waals surface area contributed by atoms with Gasteiger partial charge in [0.1, 0.15) is 0 Å². The van der Waals surface area contributed by atoms with Crippen LogP contribution in [0.25, 0.3) is 0 Å². The Balaban J connectivity index is 3.13. The molecule has 0 heterocycles. The van der Waals surface area contributed by atoms with Crippen molar-refractivity contribution in [2.24, 2.45) is 5.73 Å².